The number of imide groups is 1. The average Bonchev–Trinajstić information content (AvgIpc) is 3.15. The maximum absolute atomic E-state index is 12.9. The van der Waals surface area contributed by atoms with E-state index in [9.17, 15) is 19.6 Å². The van der Waals surface area contributed by atoms with Gasteiger partial charge in [0.1, 0.15) is 0 Å². The molecule has 1 heterocycles. The first-order valence-corrected chi connectivity index (χ1v) is 12.1. The van der Waals surface area contributed by atoms with Crippen molar-refractivity contribution >= 4 is 40.6 Å². The van der Waals surface area contributed by atoms with Gasteiger partial charge in [0.15, 0.2) is 18.1 Å². The van der Waals surface area contributed by atoms with Crippen molar-refractivity contribution < 1.29 is 23.9 Å². The molecule has 1 aliphatic rings. The first-order chi connectivity index (χ1) is 17.9. The second kappa shape index (κ2) is 11.5. The number of carbonyl (C=O) groups is 3. The van der Waals surface area contributed by atoms with Crippen molar-refractivity contribution in [2.24, 2.45) is 0 Å². The largest absolute Gasteiger partial charge is 0.493 e. The molecule has 0 saturated carbocycles. The van der Waals surface area contributed by atoms with Gasteiger partial charge in [-0.05, 0) is 71.8 Å². The first-order valence-electron chi connectivity index (χ1n) is 11.3. The summed E-state index contributed by atoms with van der Waals surface area (Å²) in [7, 11) is 1.47. The number of amides is 3. The second-order valence-corrected chi connectivity index (χ2v) is 9.15. The molecule has 1 aliphatic heterocycles. The molecule has 0 spiro atoms. The van der Waals surface area contributed by atoms with Gasteiger partial charge in [0.2, 0.25) is 0 Å². The Morgan fingerprint density at radius 1 is 1.08 bits per heavy atom. The quantitative estimate of drug-likeness (QED) is 0.416. The molecule has 3 aromatic carbocycles. The van der Waals surface area contributed by atoms with Crippen LogP contribution in [0.25, 0.3) is 6.08 Å². The lowest BCUT2D eigenvalue weighted by molar-refractivity contribution is -0.123. The zero-order valence-corrected chi connectivity index (χ0v) is 21.0. The van der Waals surface area contributed by atoms with Gasteiger partial charge >= 0.3 is 0 Å². The number of nitrogens with one attached hydrogen (secondary N) is 1. The Hall–Kier alpha value is -4.55. The van der Waals surface area contributed by atoms with E-state index in [1.54, 1.807) is 54.6 Å². The number of nitriles is 1. The Morgan fingerprint density at radius 2 is 1.89 bits per heavy atom. The molecule has 0 aliphatic carbocycles. The molecule has 0 unspecified atom stereocenters. The smallest absolute Gasteiger partial charge is 0.293 e. The van der Waals surface area contributed by atoms with E-state index in [4.69, 9.17) is 9.47 Å². The molecule has 9 heteroatoms. The predicted molar refractivity (Wildman–Crippen MR) is 141 cm³/mol. The standard InChI is InChI=1S/C28H23N3O5S/c1-18-6-5-9-22(12-18)30-26(32)17-36-23-11-10-19(13-24(23)35-2)14-25-27(33)31(28(34)37-25)16-21-8-4-3-7-20(21)15-29/h3-14H,16-17H2,1-2H3,(H,30,32)/b25-14+. The van der Waals surface area contributed by atoms with Gasteiger partial charge in [0, 0.05) is 5.69 Å². The van der Waals surface area contributed by atoms with E-state index in [-0.39, 0.29) is 24.0 Å². The van der Waals surface area contributed by atoms with Crippen LogP contribution in [0.1, 0.15) is 22.3 Å². The summed E-state index contributed by atoms with van der Waals surface area (Å²) in [5.74, 6) is -0.0160. The number of hydrogen-bond donors (Lipinski definition) is 1. The Kier molecular flexibility index (Phi) is 7.91. The van der Waals surface area contributed by atoms with Crippen molar-refractivity contribution in [2.45, 2.75) is 13.5 Å². The number of aryl methyl sites for hydroxylation is 1. The molecule has 186 valence electrons. The number of rotatable bonds is 8. The normalized spacial score (nSPS) is 14.0. The molecule has 4 rings (SSSR count). The first kappa shape index (κ1) is 25.5. The fourth-order valence-corrected chi connectivity index (χ4v) is 4.52. The summed E-state index contributed by atoms with van der Waals surface area (Å²) < 4.78 is 11.0. The summed E-state index contributed by atoms with van der Waals surface area (Å²) in [6.07, 6.45) is 1.60. The van der Waals surface area contributed by atoms with E-state index in [2.05, 4.69) is 11.4 Å². The van der Waals surface area contributed by atoms with Gasteiger partial charge in [-0.1, -0.05) is 36.4 Å². The number of nitrogens with zero attached hydrogens (tertiary/aromatic N) is 2. The maximum atomic E-state index is 12.9. The van der Waals surface area contributed by atoms with Crippen molar-refractivity contribution in [2.75, 3.05) is 19.0 Å². The summed E-state index contributed by atoms with van der Waals surface area (Å²) in [6, 6.07) is 21.4. The number of carbonyl (C=O) groups excluding carboxylic acids is 3. The predicted octanol–water partition coefficient (Wildman–Crippen LogP) is 5.13. The van der Waals surface area contributed by atoms with Gasteiger partial charge in [0.25, 0.3) is 17.1 Å². The molecule has 0 aromatic heterocycles. The highest BCUT2D eigenvalue weighted by Gasteiger charge is 2.35. The van der Waals surface area contributed by atoms with E-state index < -0.39 is 11.1 Å². The molecule has 3 aromatic rings. The number of benzene rings is 3. The summed E-state index contributed by atoms with van der Waals surface area (Å²) in [5.41, 5.74) is 3.35. The van der Waals surface area contributed by atoms with Gasteiger partial charge in [0.05, 0.1) is 30.2 Å². The maximum Gasteiger partial charge on any atom is 0.293 e. The molecule has 0 atom stereocenters. The Bertz CT molecular complexity index is 1440. The van der Waals surface area contributed by atoms with Crippen LogP contribution in [0.4, 0.5) is 10.5 Å². The van der Waals surface area contributed by atoms with E-state index in [0.717, 1.165) is 22.2 Å². The van der Waals surface area contributed by atoms with Gasteiger partial charge in [-0.15, -0.1) is 0 Å². The second-order valence-electron chi connectivity index (χ2n) is 8.15. The van der Waals surface area contributed by atoms with E-state index in [1.807, 2.05) is 25.1 Å². The summed E-state index contributed by atoms with van der Waals surface area (Å²) >= 11 is 0.834. The van der Waals surface area contributed by atoms with Crippen molar-refractivity contribution in [1.82, 2.24) is 4.90 Å². The third-order valence-electron chi connectivity index (χ3n) is 5.49. The molecular weight excluding hydrogens is 490 g/mol. The fraction of sp³-hybridized carbons (Fsp3) is 0.143. The lowest BCUT2D eigenvalue weighted by atomic mass is 10.1. The lowest BCUT2D eigenvalue weighted by Crippen LogP contribution is -2.27. The molecule has 1 N–H and O–H groups in total. The van der Waals surface area contributed by atoms with Gasteiger partial charge in [-0.2, -0.15) is 5.26 Å². The molecule has 1 saturated heterocycles. The molecule has 1 fully saturated rings. The van der Waals surface area contributed by atoms with Crippen LogP contribution in [0.2, 0.25) is 0 Å². The van der Waals surface area contributed by atoms with E-state index in [1.165, 1.54) is 7.11 Å². The minimum atomic E-state index is -0.435. The average molecular weight is 514 g/mol. The van der Waals surface area contributed by atoms with Crippen molar-refractivity contribution in [3.05, 3.63) is 93.9 Å². The Balaban J connectivity index is 1.43. The van der Waals surface area contributed by atoms with Crippen molar-refractivity contribution in [1.29, 1.82) is 5.26 Å². The highest BCUT2D eigenvalue weighted by molar-refractivity contribution is 8.18. The van der Waals surface area contributed by atoms with Crippen LogP contribution < -0.4 is 14.8 Å². The number of thioether (sulfide) groups is 1. The molecule has 8 nitrogen and oxygen atoms in total. The van der Waals surface area contributed by atoms with Crippen molar-refractivity contribution in [3.63, 3.8) is 0 Å². The van der Waals surface area contributed by atoms with Crippen LogP contribution in [-0.2, 0) is 16.1 Å². The number of hydrogen-bond acceptors (Lipinski definition) is 7. The zero-order valence-electron chi connectivity index (χ0n) is 20.2. The number of ether oxygens (including phenoxy) is 2. The van der Waals surface area contributed by atoms with Gasteiger partial charge in [-0.3, -0.25) is 19.3 Å². The van der Waals surface area contributed by atoms with Crippen LogP contribution in [0.3, 0.4) is 0 Å². The highest BCUT2D eigenvalue weighted by atomic mass is 32.2. The van der Waals surface area contributed by atoms with E-state index in [0.29, 0.717) is 33.9 Å². The van der Waals surface area contributed by atoms with Crippen LogP contribution >= 0.6 is 11.8 Å². The molecule has 37 heavy (non-hydrogen) atoms. The SMILES string of the molecule is COc1cc(/C=C2/SC(=O)N(Cc3ccccc3C#N)C2=O)ccc1OCC(=O)Nc1cccc(C)c1. The van der Waals surface area contributed by atoms with Crippen LogP contribution in [0, 0.1) is 18.3 Å². The Labute approximate surface area is 218 Å². The molecular formula is C28H23N3O5S. The third kappa shape index (κ3) is 6.18. The topological polar surface area (TPSA) is 109 Å². The van der Waals surface area contributed by atoms with E-state index >= 15 is 0 Å². The molecule has 0 radical (unpaired) electrons. The minimum Gasteiger partial charge on any atom is -0.493 e. The summed E-state index contributed by atoms with van der Waals surface area (Å²) in [6.45, 7) is 1.74. The molecule has 3 amide bonds. The van der Waals surface area contributed by atoms with Gasteiger partial charge in [-0.25, -0.2) is 0 Å². The zero-order chi connectivity index (χ0) is 26.4. The third-order valence-corrected chi connectivity index (χ3v) is 6.39. The van der Waals surface area contributed by atoms with Crippen LogP contribution in [0.5, 0.6) is 11.5 Å². The number of anilines is 1. The van der Waals surface area contributed by atoms with Crippen LogP contribution in [-0.4, -0.2) is 35.7 Å². The monoisotopic (exact) mass is 513 g/mol. The minimum absolute atomic E-state index is 0.0203. The summed E-state index contributed by atoms with van der Waals surface area (Å²) in [5, 5.41) is 11.7. The van der Waals surface area contributed by atoms with Crippen LogP contribution in [0.15, 0.2) is 71.6 Å². The number of methoxy groups -OCH3 is 1. The Morgan fingerprint density at radius 3 is 2.65 bits per heavy atom. The van der Waals surface area contributed by atoms with Gasteiger partial charge < -0.3 is 14.8 Å². The highest BCUT2D eigenvalue weighted by Crippen LogP contribution is 2.35. The summed E-state index contributed by atoms with van der Waals surface area (Å²) in [4.78, 5) is 39.1. The lowest BCUT2D eigenvalue weighted by Gasteiger charge is -2.13. The fourth-order valence-electron chi connectivity index (χ4n) is 3.68. The molecule has 0 bridgehead atoms. The van der Waals surface area contributed by atoms with Crippen molar-refractivity contribution in [3.8, 4) is 17.6 Å².